The van der Waals surface area contributed by atoms with Gasteiger partial charge in [-0.1, -0.05) is 18.2 Å². The van der Waals surface area contributed by atoms with Crippen LogP contribution in [0.4, 0.5) is 0 Å². The summed E-state index contributed by atoms with van der Waals surface area (Å²) in [6.07, 6.45) is 3.10. The molecule has 0 spiro atoms. The van der Waals surface area contributed by atoms with Crippen LogP contribution in [0.2, 0.25) is 0 Å². The van der Waals surface area contributed by atoms with Crippen LogP contribution >= 0.6 is 0 Å². The van der Waals surface area contributed by atoms with Crippen molar-refractivity contribution in [1.82, 2.24) is 9.97 Å². The molecule has 1 N–H and O–H groups in total. The van der Waals surface area contributed by atoms with Crippen molar-refractivity contribution < 1.29 is 9.90 Å². The van der Waals surface area contributed by atoms with Gasteiger partial charge in [-0.3, -0.25) is 9.97 Å². The number of hydrogen-bond acceptors (Lipinski definition) is 3. The maximum Gasteiger partial charge on any atom is 0.337 e. The predicted octanol–water partition coefficient (Wildman–Crippen LogP) is 3.00. The largest absolute Gasteiger partial charge is 0.478 e. The Morgan fingerprint density at radius 3 is 2.58 bits per heavy atom. The number of para-hydroxylation sites is 1. The Kier molecular flexibility index (Phi) is 2.68. The molecular formula is C15H10N2O2. The van der Waals surface area contributed by atoms with Gasteiger partial charge in [-0.05, 0) is 24.3 Å². The summed E-state index contributed by atoms with van der Waals surface area (Å²) in [5, 5.41) is 9.87. The molecule has 0 saturated carbocycles. The van der Waals surface area contributed by atoms with E-state index in [-0.39, 0.29) is 5.56 Å². The number of pyridine rings is 2. The van der Waals surface area contributed by atoms with Crippen molar-refractivity contribution in [3.8, 4) is 11.3 Å². The van der Waals surface area contributed by atoms with Crippen LogP contribution in [0, 0.1) is 0 Å². The van der Waals surface area contributed by atoms with Crippen LogP contribution in [0.1, 0.15) is 10.4 Å². The quantitative estimate of drug-likeness (QED) is 0.759. The molecule has 0 fully saturated rings. The molecule has 0 saturated heterocycles. The van der Waals surface area contributed by atoms with Gasteiger partial charge < -0.3 is 5.11 Å². The maximum atomic E-state index is 10.8. The first-order valence-electron chi connectivity index (χ1n) is 5.78. The van der Waals surface area contributed by atoms with Gasteiger partial charge in [-0.2, -0.15) is 0 Å². The lowest BCUT2D eigenvalue weighted by Crippen LogP contribution is -1.97. The monoisotopic (exact) mass is 250 g/mol. The van der Waals surface area contributed by atoms with Crippen LogP contribution in [-0.4, -0.2) is 21.0 Å². The van der Waals surface area contributed by atoms with Gasteiger partial charge in [0, 0.05) is 23.3 Å². The van der Waals surface area contributed by atoms with Crippen LogP contribution in [0.5, 0.6) is 0 Å². The molecule has 0 amide bonds. The normalized spacial score (nSPS) is 10.5. The molecule has 0 unspecified atom stereocenters. The third-order valence-electron chi connectivity index (χ3n) is 2.90. The summed E-state index contributed by atoms with van der Waals surface area (Å²) in [7, 11) is 0. The summed E-state index contributed by atoms with van der Waals surface area (Å²) >= 11 is 0. The van der Waals surface area contributed by atoms with Crippen LogP contribution in [0.15, 0.2) is 54.9 Å². The summed E-state index contributed by atoms with van der Waals surface area (Å²) in [6, 6.07) is 13.0. The summed E-state index contributed by atoms with van der Waals surface area (Å²) in [4.78, 5) is 19.3. The second kappa shape index (κ2) is 4.49. The Hall–Kier alpha value is -2.75. The number of benzene rings is 1. The minimum atomic E-state index is -0.976. The molecule has 0 atom stereocenters. The van der Waals surface area contributed by atoms with Gasteiger partial charge in [-0.15, -0.1) is 0 Å². The Morgan fingerprint density at radius 1 is 1.00 bits per heavy atom. The Labute approximate surface area is 109 Å². The zero-order chi connectivity index (χ0) is 13.2. The average Bonchev–Trinajstić information content (AvgIpc) is 2.47. The molecule has 0 radical (unpaired) electrons. The fourth-order valence-corrected chi connectivity index (χ4v) is 1.90. The minimum Gasteiger partial charge on any atom is -0.478 e. The zero-order valence-corrected chi connectivity index (χ0v) is 9.95. The SMILES string of the molecule is O=C(O)c1ccc(-c2cnc3ccccc3c2)nc1. The smallest absolute Gasteiger partial charge is 0.337 e. The molecule has 0 aliphatic carbocycles. The number of fused-ring (bicyclic) bond motifs is 1. The molecule has 19 heavy (non-hydrogen) atoms. The first-order valence-corrected chi connectivity index (χ1v) is 5.78. The number of carbonyl (C=O) groups is 1. The second-order valence-electron chi connectivity index (χ2n) is 4.15. The molecule has 4 heteroatoms. The van der Waals surface area contributed by atoms with Crippen LogP contribution < -0.4 is 0 Å². The second-order valence-corrected chi connectivity index (χ2v) is 4.15. The third kappa shape index (κ3) is 2.15. The molecule has 3 rings (SSSR count). The highest BCUT2D eigenvalue weighted by molar-refractivity contribution is 5.88. The Bertz CT molecular complexity index is 751. The highest BCUT2D eigenvalue weighted by Gasteiger charge is 2.05. The van der Waals surface area contributed by atoms with E-state index in [1.165, 1.54) is 6.20 Å². The zero-order valence-electron chi connectivity index (χ0n) is 9.95. The van der Waals surface area contributed by atoms with Crippen molar-refractivity contribution in [3.05, 3.63) is 60.4 Å². The van der Waals surface area contributed by atoms with E-state index in [1.54, 1.807) is 18.3 Å². The van der Waals surface area contributed by atoms with Gasteiger partial charge in [0.25, 0.3) is 0 Å². The lowest BCUT2D eigenvalue weighted by atomic mass is 10.1. The first kappa shape index (κ1) is 11.3. The minimum absolute atomic E-state index is 0.178. The van der Waals surface area contributed by atoms with Crippen molar-refractivity contribution in [3.63, 3.8) is 0 Å². The van der Waals surface area contributed by atoms with Crippen molar-refractivity contribution in [2.75, 3.05) is 0 Å². The molecule has 92 valence electrons. The summed E-state index contributed by atoms with van der Waals surface area (Å²) in [5.74, 6) is -0.976. The molecule has 2 aromatic heterocycles. The van der Waals surface area contributed by atoms with E-state index in [0.717, 1.165) is 16.5 Å². The number of carboxylic acids is 1. The standard InChI is InChI=1S/C15H10N2O2/c18-15(19)11-5-6-14(16-8-11)12-7-10-3-1-2-4-13(10)17-9-12/h1-9H,(H,18,19). The maximum absolute atomic E-state index is 10.8. The van der Waals surface area contributed by atoms with E-state index in [0.29, 0.717) is 5.69 Å². The van der Waals surface area contributed by atoms with Crippen LogP contribution in [-0.2, 0) is 0 Å². The average molecular weight is 250 g/mol. The summed E-state index contributed by atoms with van der Waals surface area (Å²) in [5.41, 5.74) is 2.68. The van der Waals surface area contributed by atoms with Crippen molar-refractivity contribution >= 4 is 16.9 Å². The highest BCUT2D eigenvalue weighted by Crippen LogP contribution is 2.21. The Balaban J connectivity index is 2.06. The van der Waals surface area contributed by atoms with Gasteiger partial charge in [0.15, 0.2) is 0 Å². The lowest BCUT2D eigenvalue weighted by molar-refractivity contribution is 0.0696. The van der Waals surface area contributed by atoms with E-state index in [9.17, 15) is 4.79 Å². The number of carboxylic acid groups (broad SMARTS) is 1. The van der Waals surface area contributed by atoms with Crippen LogP contribution in [0.3, 0.4) is 0 Å². The molecular weight excluding hydrogens is 240 g/mol. The molecule has 0 bridgehead atoms. The number of hydrogen-bond donors (Lipinski definition) is 1. The number of nitrogens with zero attached hydrogens (tertiary/aromatic N) is 2. The topological polar surface area (TPSA) is 63.1 Å². The fraction of sp³-hybridized carbons (Fsp3) is 0. The van der Waals surface area contributed by atoms with Gasteiger partial charge in [-0.25, -0.2) is 4.79 Å². The number of aromatic carboxylic acids is 1. The molecule has 4 nitrogen and oxygen atoms in total. The molecule has 2 heterocycles. The number of aromatic nitrogens is 2. The Morgan fingerprint density at radius 2 is 1.84 bits per heavy atom. The number of rotatable bonds is 2. The van der Waals surface area contributed by atoms with E-state index in [2.05, 4.69) is 9.97 Å². The molecule has 0 aliphatic heterocycles. The van der Waals surface area contributed by atoms with E-state index < -0.39 is 5.97 Å². The predicted molar refractivity (Wildman–Crippen MR) is 71.9 cm³/mol. The van der Waals surface area contributed by atoms with Crippen molar-refractivity contribution in [2.45, 2.75) is 0 Å². The van der Waals surface area contributed by atoms with Gasteiger partial charge in [0.2, 0.25) is 0 Å². The van der Waals surface area contributed by atoms with Gasteiger partial charge in [0.05, 0.1) is 16.8 Å². The highest BCUT2D eigenvalue weighted by atomic mass is 16.4. The molecule has 1 aromatic carbocycles. The lowest BCUT2D eigenvalue weighted by Gasteiger charge is -2.03. The van der Waals surface area contributed by atoms with Crippen LogP contribution in [0.25, 0.3) is 22.2 Å². The first-order chi connectivity index (χ1) is 9.24. The van der Waals surface area contributed by atoms with Gasteiger partial charge in [0.1, 0.15) is 0 Å². The van der Waals surface area contributed by atoms with Gasteiger partial charge >= 0.3 is 5.97 Å². The van der Waals surface area contributed by atoms with E-state index in [4.69, 9.17) is 5.11 Å². The van der Waals surface area contributed by atoms with Crippen molar-refractivity contribution in [1.29, 1.82) is 0 Å². The van der Waals surface area contributed by atoms with Crippen molar-refractivity contribution in [2.24, 2.45) is 0 Å². The third-order valence-corrected chi connectivity index (χ3v) is 2.90. The fourth-order valence-electron chi connectivity index (χ4n) is 1.90. The van der Waals surface area contributed by atoms with E-state index in [1.807, 2.05) is 30.3 Å². The summed E-state index contributed by atoms with van der Waals surface area (Å²) < 4.78 is 0. The molecule has 0 aliphatic rings. The summed E-state index contributed by atoms with van der Waals surface area (Å²) in [6.45, 7) is 0. The van der Waals surface area contributed by atoms with E-state index >= 15 is 0 Å². The molecule has 3 aromatic rings.